The summed E-state index contributed by atoms with van der Waals surface area (Å²) in [6.45, 7) is 0. The molecule has 3 aromatic carbocycles. The van der Waals surface area contributed by atoms with Crippen molar-refractivity contribution >= 4 is 51.4 Å². The number of benzene rings is 3. The molecule has 0 unspecified atom stereocenters. The molecule has 6 nitrogen and oxygen atoms in total. The summed E-state index contributed by atoms with van der Waals surface area (Å²) in [5, 5.41) is 0.521. The number of rotatable bonds is 5. The third-order valence-electron chi connectivity index (χ3n) is 4.47. The van der Waals surface area contributed by atoms with Gasteiger partial charge in [0.15, 0.2) is 17.2 Å². The monoisotopic (exact) mass is 511 g/mol. The lowest BCUT2D eigenvalue weighted by Gasteiger charge is -2.10. The van der Waals surface area contributed by atoms with Crippen LogP contribution in [0.5, 0.6) is 11.5 Å². The Morgan fingerprint density at radius 3 is 2.56 bits per heavy atom. The Balaban J connectivity index is 1.57. The Morgan fingerprint density at radius 2 is 1.84 bits per heavy atom. The van der Waals surface area contributed by atoms with Gasteiger partial charge in [-0.1, -0.05) is 39.7 Å². The van der Waals surface area contributed by atoms with Crippen LogP contribution in [0.25, 0.3) is 6.08 Å². The van der Waals surface area contributed by atoms with Gasteiger partial charge in [-0.2, -0.15) is 0 Å². The number of aliphatic imine (C=N–C) groups is 1. The second kappa shape index (κ2) is 9.38. The molecule has 0 aromatic heterocycles. The summed E-state index contributed by atoms with van der Waals surface area (Å²) in [6, 6.07) is 18.6. The van der Waals surface area contributed by atoms with Crippen LogP contribution < -0.4 is 9.47 Å². The Morgan fingerprint density at radius 1 is 1.06 bits per heavy atom. The molecule has 0 aliphatic carbocycles. The van der Waals surface area contributed by atoms with Crippen molar-refractivity contribution in [2.75, 3.05) is 7.11 Å². The van der Waals surface area contributed by atoms with Crippen LogP contribution in [0.3, 0.4) is 0 Å². The SMILES string of the molecule is COc1cc(/C=C2\N=C(c3cccc(Br)c3)OC2=O)ccc1OC(=O)c1ccc(Cl)cc1. The maximum Gasteiger partial charge on any atom is 0.363 e. The van der Waals surface area contributed by atoms with Crippen molar-refractivity contribution in [2.24, 2.45) is 4.99 Å². The second-order valence-corrected chi connectivity index (χ2v) is 8.01. The molecule has 1 aliphatic rings. The summed E-state index contributed by atoms with van der Waals surface area (Å²) in [4.78, 5) is 28.9. The highest BCUT2D eigenvalue weighted by Gasteiger charge is 2.24. The minimum atomic E-state index is -0.558. The molecule has 0 spiro atoms. The number of hydrogen-bond acceptors (Lipinski definition) is 6. The Labute approximate surface area is 197 Å². The van der Waals surface area contributed by atoms with Crippen molar-refractivity contribution in [1.82, 2.24) is 0 Å². The van der Waals surface area contributed by atoms with Crippen molar-refractivity contribution in [1.29, 1.82) is 0 Å². The Hall–Kier alpha value is -3.42. The highest BCUT2D eigenvalue weighted by molar-refractivity contribution is 9.10. The van der Waals surface area contributed by atoms with Gasteiger partial charge in [-0.05, 0) is 66.2 Å². The van der Waals surface area contributed by atoms with Gasteiger partial charge in [-0.25, -0.2) is 14.6 Å². The van der Waals surface area contributed by atoms with Crippen molar-refractivity contribution < 1.29 is 23.8 Å². The van der Waals surface area contributed by atoms with E-state index in [0.717, 1.165) is 4.47 Å². The standard InChI is InChI=1S/C24H15BrClNO5/c1-30-21-12-14(5-10-20(21)31-23(28)15-6-8-18(26)9-7-15)11-19-24(29)32-22(27-19)16-3-2-4-17(25)13-16/h2-13H,1H3/b19-11-. The third-order valence-corrected chi connectivity index (χ3v) is 5.21. The van der Waals surface area contributed by atoms with Crippen molar-refractivity contribution in [3.8, 4) is 11.5 Å². The van der Waals surface area contributed by atoms with Crippen LogP contribution in [0.15, 0.2) is 81.9 Å². The van der Waals surface area contributed by atoms with Gasteiger partial charge in [0.1, 0.15) is 0 Å². The summed E-state index contributed by atoms with van der Waals surface area (Å²) in [7, 11) is 1.46. The zero-order valence-corrected chi connectivity index (χ0v) is 19.0. The molecular weight excluding hydrogens is 498 g/mol. The number of carbonyl (C=O) groups is 2. The molecule has 0 amide bonds. The van der Waals surface area contributed by atoms with E-state index in [4.69, 9.17) is 25.8 Å². The zero-order chi connectivity index (χ0) is 22.7. The molecule has 0 N–H and O–H groups in total. The van der Waals surface area contributed by atoms with E-state index in [2.05, 4.69) is 20.9 Å². The number of methoxy groups -OCH3 is 1. The maximum atomic E-state index is 12.4. The van der Waals surface area contributed by atoms with Gasteiger partial charge in [0.25, 0.3) is 0 Å². The smallest absolute Gasteiger partial charge is 0.363 e. The molecule has 0 radical (unpaired) electrons. The van der Waals surface area contributed by atoms with Gasteiger partial charge < -0.3 is 14.2 Å². The van der Waals surface area contributed by atoms with E-state index in [-0.39, 0.29) is 17.3 Å². The second-order valence-electron chi connectivity index (χ2n) is 6.65. The molecular formula is C24H15BrClNO5. The highest BCUT2D eigenvalue weighted by atomic mass is 79.9. The van der Waals surface area contributed by atoms with Crippen LogP contribution >= 0.6 is 27.5 Å². The predicted molar refractivity (Wildman–Crippen MR) is 124 cm³/mol. The first-order chi connectivity index (χ1) is 15.4. The molecule has 0 saturated carbocycles. The van der Waals surface area contributed by atoms with E-state index in [1.807, 2.05) is 18.2 Å². The quantitative estimate of drug-likeness (QED) is 0.250. The summed E-state index contributed by atoms with van der Waals surface area (Å²) >= 11 is 9.24. The summed E-state index contributed by atoms with van der Waals surface area (Å²) in [5.74, 6) is -0.319. The summed E-state index contributed by atoms with van der Waals surface area (Å²) in [5.41, 5.74) is 1.80. The van der Waals surface area contributed by atoms with Crippen LogP contribution in [0.2, 0.25) is 5.02 Å². The molecule has 0 atom stereocenters. The van der Waals surface area contributed by atoms with Crippen molar-refractivity contribution in [2.45, 2.75) is 0 Å². The van der Waals surface area contributed by atoms with Crippen LogP contribution in [-0.4, -0.2) is 24.9 Å². The van der Waals surface area contributed by atoms with Crippen LogP contribution in [0.1, 0.15) is 21.5 Å². The lowest BCUT2D eigenvalue weighted by molar-refractivity contribution is -0.129. The van der Waals surface area contributed by atoms with Gasteiger partial charge in [0, 0.05) is 15.1 Å². The minimum Gasteiger partial charge on any atom is -0.493 e. The first kappa shape index (κ1) is 21.8. The van der Waals surface area contributed by atoms with Crippen LogP contribution in [0, 0.1) is 0 Å². The molecule has 8 heteroatoms. The van der Waals surface area contributed by atoms with E-state index in [1.54, 1.807) is 54.6 Å². The topological polar surface area (TPSA) is 74.2 Å². The molecule has 32 heavy (non-hydrogen) atoms. The lowest BCUT2D eigenvalue weighted by atomic mass is 10.1. The molecule has 160 valence electrons. The van der Waals surface area contributed by atoms with E-state index in [1.165, 1.54) is 7.11 Å². The van der Waals surface area contributed by atoms with Gasteiger partial charge >= 0.3 is 11.9 Å². The van der Waals surface area contributed by atoms with E-state index in [0.29, 0.717) is 27.5 Å². The molecule has 0 bridgehead atoms. The predicted octanol–water partition coefficient (Wildman–Crippen LogP) is 5.67. The Bertz CT molecular complexity index is 1270. The van der Waals surface area contributed by atoms with Crippen LogP contribution in [0.4, 0.5) is 0 Å². The first-order valence-electron chi connectivity index (χ1n) is 9.37. The fourth-order valence-electron chi connectivity index (χ4n) is 2.92. The lowest BCUT2D eigenvalue weighted by Crippen LogP contribution is -2.09. The molecule has 3 aromatic rings. The highest BCUT2D eigenvalue weighted by Crippen LogP contribution is 2.30. The zero-order valence-electron chi connectivity index (χ0n) is 16.7. The fourth-order valence-corrected chi connectivity index (χ4v) is 3.44. The number of esters is 2. The van der Waals surface area contributed by atoms with Gasteiger partial charge in [-0.3, -0.25) is 0 Å². The number of ether oxygens (including phenoxy) is 3. The fraction of sp³-hybridized carbons (Fsp3) is 0.0417. The molecule has 4 rings (SSSR count). The largest absolute Gasteiger partial charge is 0.493 e. The Kier molecular flexibility index (Phi) is 6.39. The molecule has 1 heterocycles. The molecule has 0 saturated heterocycles. The average molecular weight is 513 g/mol. The third kappa shape index (κ3) is 4.90. The van der Waals surface area contributed by atoms with Crippen molar-refractivity contribution in [3.05, 3.63) is 98.6 Å². The molecule has 0 fully saturated rings. The minimum absolute atomic E-state index is 0.146. The van der Waals surface area contributed by atoms with Crippen molar-refractivity contribution in [3.63, 3.8) is 0 Å². The number of hydrogen-bond donors (Lipinski definition) is 0. The van der Waals surface area contributed by atoms with Gasteiger partial charge in [0.2, 0.25) is 5.90 Å². The van der Waals surface area contributed by atoms with Gasteiger partial charge in [0.05, 0.1) is 12.7 Å². The van der Waals surface area contributed by atoms with E-state index in [9.17, 15) is 9.59 Å². The molecule has 1 aliphatic heterocycles. The number of cyclic esters (lactones) is 1. The number of halogens is 2. The number of carbonyl (C=O) groups excluding carboxylic acids is 2. The maximum absolute atomic E-state index is 12.4. The van der Waals surface area contributed by atoms with Gasteiger partial charge in [-0.15, -0.1) is 0 Å². The summed E-state index contributed by atoms with van der Waals surface area (Å²) < 4.78 is 16.9. The van der Waals surface area contributed by atoms with Crippen LogP contribution in [-0.2, 0) is 9.53 Å². The normalized spacial score (nSPS) is 14.2. The average Bonchev–Trinajstić information content (AvgIpc) is 3.15. The van der Waals surface area contributed by atoms with E-state index >= 15 is 0 Å². The first-order valence-corrected chi connectivity index (χ1v) is 10.5. The van der Waals surface area contributed by atoms with E-state index < -0.39 is 11.9 Å². The number of nitrogens with zero attached hydrogens (tertiary/aromatic N) is 1. The summed E-state index contributed by atoms with van der Waals surface area (Å²) in [6.07, 6.45) is 1.57.